The third-order valence-corrected chi connectivity index (χ3v) is 7.89. The van der Waals surface area contributed by atoms with Gasteiger partial charge in [0.15, 0.2) is 5.13 Å². The van der Waals surface area contributed by atoms with E-state index in [1.165, 1.54) is 35.2 Å². The van der Waals surface area contributed by atoms with Crippen molar-refractivity contribution in [3.8, 4) is 0 Å². The normalized spacial score (nSPS) is 14.7. The van der Waals surface area contributed by atoms with E-state index in [9.17, 15) is 9.18 Å². The van der Waals surface area contributed by atoms with Gasteiger partial charge in [0, 0.05) is 31.1 Å². The number of benzene rings is 2. The van der Waals surface area contributed by atoms with Crippen molar-refractivity contribution in [2.75, 3.05) is 50.0 Å². The topological polar surface area (TPSA) is 45.7 Å². The van der Waals surface area contributed by atoms with E-state index in [-0.39, 0.29) is 17.5 Å². The van der Waals surface area contributed by atoms with Gasteiger partial charge in [0.05, 0.1) is 34.2 Å². The van der Waals surface area contributed by atoms with E-state index in [2.05, 4.69) is 4.90 Å². The second-order valence-corrected chi connectivity index (χ2v) is 10.1. The number of anilines is 1. The van der Waals surface area contributed by atoms with Crippen LogP contribution in [0.15, 0.2) is 41.3 Å². The van der Waals surface area contributed by atoms with Gasteiger partial charge in [-0.05, 0) is 49.2 Å². The summed E-state index contributed by atoms with van der Waals surface area (Å²) in [5.41, 5.74) is 1.88. The van der Waals surface area contributed by atoms with Gasteiger partial charge in [-0.1, -0.05) is 29.0 Å². The van der Waals surface area contributed by atoms with Gasteiger partial charge in [-0.2, -0.15) is 0 Å². The van der Waals surface area contributed by atoms with E-state index in [0.717, 1.165) is 59.9 Å². The number of hydrogen-bond acceptors (Lipinski definition) is 6. The Labute approximate surface area is 200 Å². The zero-order valence-corrected chi connectivity index (χ0v) is 20.2. The molecule has 0 atom stereocenters. The highest BCUT2D eigenvalue weighted by Gasteiger charge is 2.22. The molecular weight excluding hydrogens is 469 g/mol. The van der Waals surface area contributed by atoms with Gasteiger partial charge in [0.25, 0.3) is 0 Å². The lowest BCUT2D eigenvalue weighted by Gasteiger charge is -2.27. The fraction of sp³-hybridized carbons (Fsp3) is 0.391. The number of carbonyl (C=O) groups is 1. The first-order chi connectivity index (χ1) is 15.5. The lowest BCUT2D eigenvalue weighted by molar-refractivity contribution is -0.116. The third kappa shape index (κ3) is 5.80. The number of halogens is 2. The molecule has 1 fully saturated rings. The number of carbonyl (C=O) groups excluding carboxylic acids is 1. The van der Waals surface area contributed by atoms with Gasteiger partial charge in [-0.25, -0.2) is 9.37 Å². The Morgan fingerprint density at radius 1 is 1.25 bits per heavy atom. The average molecular weight is 494 g/mol. The molecule has 0 bridgehead atoms. The van der Waals surface area contributed by atoms with Crippen molar-refractivity contribution in [2.45, 2.75) is 18.2 Å². The summed E-state index contributed by atoms with van der Waals surface area (Å²) in [6.45, 7) is 6.84. The molecule has 9 heteroatoms. The number of morpholine rings is 1. The number of thioether (sulfide) groups is 1. The number of thiazole rings is 1. The molecule has 0 N–H and O–H groups in total. The van der Waals surface area contributed by atoms with Crippen LogP contribution in [0, 0.1) is 12.7 Å². The summed E-state index contributed by atoms with van der Waals surface area (Å²) >= 11 is 9.25. The summed E-state index contributed by atoms with van der Waals surface area (Å²) in [5, 5.41) is 1.32. The smallest absolute Gasteiger partial charge is 0.239 e. The maximum absolute atomic E-state index is 13.2. The van der Waals surface area contributed by atoms with Gasteiger partial charge in [0.2, 0.25) is 5.91 Å². The van der Waals surface area contributed by atoms with Gasteiger partial charge in [-0.3, -0.25) is 14.6 Å². The molecule has 1 amide bonds. The van der Waals surface area contributed by atoms with Crippen LogP contribution in [-0.2, 0) is 9.53 Å². The Balaban J connectivity index is 1.50. The van der Waals surface area contributed by atoms with Gasteiger partial charge >= 0.3 is 0 Å². The Kier molecular flexibility index (Phi) is 8.02. The molecule has 4 rings (SSSR count). The van der Waals surface area contributed by atoms with Crippen molar-refractivity contribution in [2.24, 2.45) is 0 Å². The standard InChI is InChI=1S/C23H25ClFN3O2S2/c1-16-3-8-19(24)22-21(16)26-23(32-22)28(10-2-9-27-11-13-30-14-12-27)20(29)15-31-18-6-4-17(25)5-7-18/h3-8H,2,9-15H2,1H3. The van der Waals surface area contributed by atoms with E-state index in [0.29, 0.717) is 16.7 Å². The van der Waals surface area contributed by atoms with E-state index in [4.69, 9.17) is 21.3 Å². The van der Waals surface area contributed by atoms with Crippen LogP contribution in [0.25, 0.3) is 10.2 Å². The first-order valence-corrected chi connectivity index (χ1v) is 12.7. The molecule has 170 valence electrons. The number of aryl methyl sites for hydroxylation is 1. The number of nitrogens with zero attached hydrogens (tertiary/aromatic N) is 3. The molecule has 0 aliphatic carbocycles. The average Bonchev–Trinajstić information content (AvgIpc) is 3.26. The highest BCUT2D eigenvalue weighted by Crippen LogP contribution is 2.36. The van der Waals surface area contributed by atoms with Gasteiger partial charge in [0.1, 0.15) is 5.82 Å². The van der Waals surface area contributed by atoms with Crippen LogP contribution in [0.2, 0.25) is 5.02 Å². The lowest BCUT2D eigenvalue weighted by Crippen LogP contribution is -2.39. The minimum atomic E-state index is -0.285. The summed E-state index contributed by atoms with van der Waals surface area (Å²) in [4.78, 5) is 23.0. The Bertz CT molecular complexity index is 1030. The monoisotopic (exact) mass is 493 g/mol. The molecule has 1 saturated heterocycles. The number of ether oxygens (including phenoxy) is 1. The zero-order chi connectivity index (χ0) is 22.5. The van der Waals surface area contributed by atoms with Crippen molar-refractivity contribution in [1.29, 1.82) is 0 Å². The Hall–Kier alpha value is -1.71. The first kappa shape index (κ1) is 23.4. The maximum Gasteiger partial charge on any atom is 0.239 e. The van der Waals surface area contributed by atoms with E-state index < -0.39 is 0 Å². The van der Waals surface area contributed by atoms with Crippen LogP contribution in [0.3, 0.4) is 0 Å². The fourth-order valence-electron chi connectivity index (χ4n) is 3.56. The molecule has 2 aromatic carbocycles. The van der Waals surface area contributed by atoms with Crippen molar-refractivity contribution in [1.82, 2.24) is 9.88 Å². The molecule has 0 saturated carbocycles. The highest BCUT2D eigenvalue weighted by atomic mass is 35.5. The van der Waals surface area contributed by atoms with Crippen LogP contribution in [0.5, 0.6) is 0 Å². The fourth-order valence-corrected chi connectivity index (χ4v) is 5.70. The van der Waals surface area contributed by atoms with Gasteiger partial charge < -0.3 is 4.74 Å². The summed E-state index contributed by atoms with van der Waals surface area (Å²) in [6, 6.07) is 10.0. The number of hydrogen-bond donors (Lipinski definition) is 0. The molecule has 1 aliphatic rings. The first-order valence-electron chi connectivity index (χ1n) is 10.6. The van der Waals surface area contributed by atoms with Crippen molar-refractivity contribution < 1.29 is 13.9 Å². The lowest BCUT2D eigenvalue weighted by atomic mass is 10.2. The number of aromatic nitrogens is 1. The molecule has 1 aliphatic heterocycles. The Morgan fingerprint density at radius 3 is 2.72 bits per heavy atom. The van der Waals surface area contributed by atoms with Crippen LogP contribution in [-0.4, -0.2) is 60.9 Å². The van der Waals surface area contributed by atoms with Crippen LogP contribution < -0.4 is 4.90 Å². The maximum atomic E-state index is 13.2. The summed E-state index contributed by atoms with van der Waals surface area (Å²) < 4.78 is 19.5. The minimum Gasteiger partial charge on any atom is -0.379 e. The van der Waals surface area contributed by atoms with Crippen molar-refractivity contribution in [3.05, 3.63) is 52.8 Å². The third-order valence-electron chi connectivity index (χ3n) is 5.35. The molecule has 32 heavy (non-hydrogen) atoms. The molecule has 0 unspecified atom stereocenters. The summed E-state index contributed by atoms with van der Waals surface area (Å²) in [6.07, 6.45) is 0.843. The number of amides is 1. The van der Waals surface area contributed by atoms with E-state index >= 15 is 0 Å². The molecule has 3 aromatic rings. The second-order valence-electron chi connectivity index (χ2n) is 7.63. The Morgan fingerprint density at radius 2 is 2.00 bits per heavy atom. The quantitative estimate of drug-likeness (QED) is 0.401. The molecular formula is C23H25ClFN3O2S2. The van der Waals surface area contributed by atoms with E-state index in [1.54, 1.807) is 17.0 Å². The van der Waals surface area contributed by atoms with E-state index in [1.807, 2.05) is 19.1 Å². The molecule has 0 radical (unpaired) electrons. The van der Waals surface area contributed by atoms with Crippen LogP contribution in [0.1, 0.15) is 12.0 Å². The summed E-state index contributed by atoms with van der Waals surface area (Å²) in [7, 11) is 0. The zero-order valence-electron chi connectivity index (χ0n) is 17.9. The van der Waals surface area contributed by atoms with Gasteiger partial charge in [-0.15, -0.1) is 11.8 Å². The largest absolute Gasteiger partial charge is 0.379 e. The molecule has 5 nitrogen and oxygen atoms in total. The van der Waals surface area contributed by atoms with Crippen molar-refractivity contribution >= 4 is 56.0 Å². The van der Waals surface area contributed by atoms with Crippen molar-refractivity contribution in [3.63, 3.8) is 0 Å². The minimum absolute atomic E-state index is 0.0193. The SMILES string of the molecule is Cc1ccc(Cl)c2sc(N(CCCN3CCOCC3)C(=O)CSc3ccc(F)cc3)nc12. The van der Waals surface area contributed by atoms with Crippen LogP contribution >= 0.6 is 34.7 Å². The highest BCUT2D eigenvalue weighted by molar-refractivity contribution is 8.00. The number of rotatable bonds is 8. The predicted molar refractivity (Wildman–Crippen MR) is 131 cm³/mol. The molecule has 0 spiro atoms. The number of fused-ring (bicyclic) bond motifs is 1. The predicted octanol–water partition coefficient (Wildman–Crippen LogP) is 5.24. The summed E-state index contributed by atoms with van der Waals surface area (Å²) in [5.74, 6) is -0.0486. The molecule has 2 heterocycles. The molecule has 1 aromatic heterocycles. The van der Waals surface area contributed by atoms with Crippen LogP contribution in [0.4, 0.5) is 9.52 Å². The second kappa shape index (κ2) is 10.9.